The van der Waals surface area contributed by atoms with E-state index >= 15 is 0 Å². The molecule has 3 rings (SSSR count). The SMILES string of the molecule is CCOc1ccc(/C=C2\C(=O)ON=C2c2ccccc2)cc1Br. The molecule has 0 aliphatic carbocycles. The molecular formula is C18H14BrNO3. The minimum atomic E-state index is -0.450. The van der Waals surface area contributed by atoms with E-state index in [9.17, 15) is 4.79 Å². The highest BCUT2D eigenvalue weighted by atomic mass is 79.9. The lowest BCUT2D eigenvalue weighted by atomic mass is 10.0. The van der Waals surface area contributed by atoms with Crippen LogP contribution in [0.4, 0.5) is 0 Å². The first-order valence-corrected chi connectivity index (χ1v) is 7.97. The summed E-state index contributed by atoms with van der Waals surface area (Å²) in [5.74, 6) is 0.314. The largest absolute Gasteiger partial charge is 0.493 e. The molecule has 0 amide bonds. The fourth-order valence-corrected chi connectivity index (χ4v) is 2.77. The van der Waals surface area contributed by atoms with Crippen molar-refractivity contribution in [2.75, 3.05) is 6.61 Å². The van der Waals surface area contributed by atoms with E-state index in [0.717, 1.165) is 21.3 Å². The summed E-state index contributed by atoms with van der Waals surface area (Å²) >= 11 is 3.47. The molecule has 1 aliphatic heterocycles. The Morgan fingerprint density at radius 3 is 2.70 bits per heavy atom. The Morgan fingerprint density at radius 1 is 1.22 bits per heavy atom. The first-order chi connectivity index (χ1) is 11.2. The summed E-state index contributed by atoms with van der Waals surface area (Å²) in [4.78, 5) is 16.8. The summed E-state index contributed by atoms with van der Waals surface area (Å²) in [5, 5.41) is 3.90. The molecule has 0 saturated heterocycles. The monoisotopic (exact) mass is 371 g/mol. The molecule has 0 bridgehead atoms. The summed E-state index contributed by atoms with van der Waals surface area (Å²) < 4.78 is 6.32. The van der Waals surface area contributed by atoms with Gasteiger partial charge in [-0.15, -0.1) is 0 Å². The smallest absolute Gasteiger partial charge is 0.368 e. The molecule has 116 valence electrons. The topological polar surface area (TPSA) is 47.9 Å². The summed E-state index contributed by atoms with van der Waals surface area (Å²) in [5.41, 5.74) is 2.68. The number of nitrogens with zero attached hydrogens (tertiary/aromatic N) is 1. The van der Waals surface area contributed by atoms with E-state index in [1.807, 2.05) is 55.5 Å². The van der Waals surface area contributed by atoms with Crippen molar-refractivity contribution in [3.63, 3.8) is 0 Å². The van der Waals surface area contributed by atoms with Crippen molar-refractivity contribution < 1.29 is 14.4 Å². The van der Waals surface area contributed by atoms with Gasteiger partial charge in [-0.2, -0.15) is 0 Å². The second-order valence-corrected chi connectivity index (χ2v) is 5.72. The lowest BCUT2D eigenvalue weighted by molar-refractivity contribution is -0.136. The predicted molar refractivity (Wildman–Crippen MR) is 92.4 cm³/mol. The lowest BCUT2D eigenvalue weighted by Crippen LogP contribution is -2.06. The Hall–Kier alpha value is -2.40. The number of hydrogen-bond acceptors (Lipinski definition) is 4. The van der Waals surface area contributed by atoms with Gasteiger partial charge in [-0.25, -0.2) is 4.79 Å². The van der Waals surface area contributed by atoms with E-state index < -0.39 is 5.97 Å². The minimum absolute atomic E-state index is 0.437. The molecule has 23 heavy (non-hydrogen) atoms. The number of rotatable bonds is 4. The van der Waals surface area contributed by atoms with E-state index in [4.69, 9.17) is 9.57 Å². The van der Waals surface area contributed by atoms with E-state index in [1.165, 1.54) is 0 Å². The van der Waals surface area contributed by atoms with Crippen molar-refractivity contribution in [1.29, 1.82) is 0 Å². The van der Waals surface area contributed by atoms with Crippen molar-refractivity contribution in [3.8, 4) is 5.75 Å². The Kier molecular flexibility index (Phi) is 4.57. The summed E-state index contributed by atoms with van der Waals surface area (Å²) in [7, 11) is 0. The van der Waals surface area contributed by atoms with Crippen molar-refractivity contribution in [1.82, 2.24) is 0 Å². The van der Waals surface area contributed by atoms with Gasteiger partial charge in [0.05, 0.1) is 16.7 Å². The Labute approximate surface area is 142 Å². The van der Waals surface area contributed by atoms with E-state index in [-0.39, 0.29) is 0 Å². The second-order valence-electron chi connectivity index (χ2n) is 4.87. The molecule has 0 fully saturated rings. The van der Waals surface area contributed by atoms with Crippen LogP contribution >= 0.6 is 15.9 Å². The lowest BCUT2D eigenvalue weighted by Gasteiger charge is -2.06. The van der Waals surface area contributed by atoms with Gasteiger partial charge in [0.2, 0.25) is 0 Å². The van der Waals surface area contributed by atoms with Gasteiger partial charge < -0.3 is 9.57 Å². The third-order valence-electron chi connectivity index (χ3n) is 3.31. The van der Waals surface area contributed by atoms with E-state index in [2.05, 4.69) is 21.1 Å². The van der Waals surface area contributed by atoms with Crippen LogP contribution in [0.25, 0.3) is 6.08 Å². The van der Waals surface area contributed by atoms with Gasteiger partial charge in [-0.05, 0) is 46.6 Å². The Bertz CT molecular complexity index is 797. The van der Waals surface area contributed by atoms with E-state index in [0.29, 0.717) is 17.9 Å². The number of hydrogen-bond donors (Lipinski definition) is 0. The average molecular weight is 372 g/mol. The first-order valence-electron chi connectivity index (χ1n) is 7.18. The minimum Gasteiger partial charge on any atom is -0.493 e. The number of carbonyl (C=O) groups excluding carboxylic acids is 1. The van der Waals surface area contributed by atoms with Crippen molar-refractivity contribution >= 4 is 33.7 Å². The standard InChI is InChI=1S/C18H14BrNO3/c1-2-22-16-9-8-12(11-15(16)19)10-14-17(20-23-18(14)21)13-6-4-3-5-7-13/h3-11H,2H2,1H3/b14-10-. The molecule has 5 heteroatoms. The number of ether oxygens (including phenoxy) is 1. The van der Waals surface area contributed by atoms with Gasteiger partial charge in [0.25, 0.3) is 0 Å². The number of benzene rings is 2. The fraction of sp³-hybridized carbons (Fsp3) is 0.111. The third-order valence-corrected chi connectivity index (χ3v) is 3.93. The van der Waals surface area contributed by atoms with Gasteiger partial charge in [0, 0.05) is 5.56 Å². The fourth-order valence-electron chi connectivity index (χ4n) is 2.26. The van der Waals surface area contributed by atoms with Crippen LogP contribution in [0.15, 0.2) is 63.7 Å². The maximum absolute atomic E-state index is 12.0. The third kappa shape index (κ3) is 3.35. The molecule has 0 aromatic heterocycles. The molecule has 0 spiro atoms. The van der Waals surface area contributed by atoms with Gasteiger partial charge in [0.15, 0.2) is 0 Å². The predicted octanol–water partition coefficient (Wildman–Crippen LogP) is 4.19. The molecule has 2 aromatic rings. The maximum Gasteiger partial charge on any atom is 0.368 e. The van der Waals surface area contributed by atoms with Crippen LogP contribution in [-0.2, 0) is 9.63 Å². The van der Waals surface area contributed by atoms with Crippen molar-refractivity contribution in [2.45, 2.75) is 6.92 Å². The zero-order valence-electron chi connectivity index (χ0n) is 12.5. The molecule has 0 radical (unpaired) electrons. The molecular weight excluding hydrogens is 358 g/mol. The molecule has 1 aliphatic rings. The zero-order valence-corrected chi connectivity index (χ0v) is 14.0. The number of halogens is 1. The van der Waals surface area contributed by atoms with Crippen LogP contribution in [-0.4, -0.2) is 18.3 Å². The molecule has 0 unspecified atom stereocenters. The highest BCUT2D eigenvalue weighted by Crippen LogP contribution is 2.28. The quantitative estimate of drug-likeness (QED) is 0.597. The summed E-state index contributed by atoms with van der Waals surface area (Å²) in [6.45, 7) is 2.52. The van der Waals surface area contributed by atoms with Gasteiger partial charge in [-0.3, -0.25) is 0 Å². The number of oxime groups is 1. The summed E-state index contributed by atoms with van der Waals surface area (Å²) in [6, 6.07) is 15.1. The van der Waals surface area contributed by atoms with Crippen LogP contribution in [0.1, 0.15) is 18.1 Å². The molecule has 0 atom stereocenters. The van der Waals surface area contributed by atoms with Gasteiger partial charge >= 0.3 is 5.97 Å². The van der Waals surface area contributed by atoms with Crippen molar-refractivity contribution in [3.05, 3.63) is 69.7 Å². The maximum atomic E-state index is 12.0. The van der Waals surface area contributed by atoms with Gasteiger partial charge in [-0.1, -0.05) is 41.6 Å². The molecule has 2 aromatic carbocycles. The highest BCUT2D eigenvalue weighted by molar-refractivity contribution is 9.10. The average Bonchev–Trinajstić information content (AvgIpc) is 2.92. The summed E-state index contributed by atoms with van der Waals surface area (Å²) in [6.07, 6.45) is 1.77. The van der Waals surface area contributed by atoms with Crippen LogP contribution in [0.2, 0.25) is 0 Å². The van der Waals surface area contributed by atoms with Crippen LogP contribution in [0, 0.1) is 0 Å². The molecule has 4 nitrogen and oxygen atoms in total. The normalized spacial score (nSPS) is 15.5. The Balaban J connectivity index is 1.96. The second kappa shape index (κ2) is 6.79. The number of carbonyl (C=O) groups is 1. The molecule has 1 heterocycles. The molecule has 0 N–H and O–H groups in total. The zero-order chi connectivity index (χ0) is 16.2. The van der Waals surface area contributed by atoms with Crippen LogP contribution in [0.5, 0.6) is 5.75 Å². The first kappa shape index (κ1) is 15.5. The van der Waals surface area contributed by atoms with Gasteiger partial charge in [0.1, 0.15) is 11.5 Å². The molecule has 0 saturated carbocycles. The Morgan fingerprint density at radius 2 is 2.00 bits per heavy atom. The van der Waals surface area contributed by atoms with Crippen molar-refractivity contribution in [2.24, 2.45) is 5.16 Å². The highest BCUT2D eigenvalue weighted by Gasteiger charge is 2.26. The van der Waals surface area contributed by atoms with E-state index in [1.54, 1.807) is 6.08 Å². The van der Waals surface area contributed by atoms with Crippen LogP contribution in [0.3, 0.4) is 0 Å². The van der Waals surface area contributed by atoms with Crippen LogP contribution < -0.4 is 4.74 Å².